The van der Waals surface area contributed by atoms with Crippen LogP contribution in [-0.2, 0) is 9.59 Å². The van der Waals surface area contributed by atoms with Gasteiger partial charge in [0.05, 0.1) is 0 Å². The van der Waals surface area contributed by atoms with E-state index in [0.29, 0.717) is 6.42 Å². The van der Waals surface area contributed by atoms with Gasteiger partial charge in [0, 0.05) is 18.9 Å². The van der Waals surface area contributed by atoms with E-state index < -0.39 is 5.97 Å². The molecule has 1 aliphatic heterocycles. The highest BCUT2D eigenvalue weighted by molar-refractivity contribution is 5.79. The Kier molecular flexibility index (Phi) is 3.08. The lowest BCUT2D eigenvalue weighted by molar-refractivity contribution is -0.137. The molecule has 1 amide bonds. The molecule has 68 valence electrons. The summed E-state index contributed by atoms with van der Waals surface area (Å²) in [5.41, 5.74) is 0. The zero-order valence-corrected chi connectivity index (χ0v) is 6.88. The van der Waals surface area contributed by atoms with Crippen molar-refractivity contribution in [1.82, 2.24) is 5.32 Å². The Labute approximate surface area is 71.0 Å². The fourth-order valence-electron chi connectivity index (χ4n) is 1.41. The van der Waals surface area contributed by atoms with Gasteiger partial charge in [-0.3, -0.25) is 9.59 Å². The first-order valence-electron chi connectivity index (χ1n) is 4.19. The van der Waals surface area contributed by atoms with Crippen molar-refractivity contribution in [1.29, 1.82) is 0 Å². The summed E-state index contributed by atoms with van der Waals surface area (Å²) in [6.07, 6.45) is 2.37. The lowest BCUT2D eigenvalue weighted by atomic mass is 9.94. The van der Waals surface area contributed by atoms with Crippen molar-refractivity contribution in [2.24, 2.45) is 5.92 Å². The van der Waals surface area contributed by atoms with Crippen LogP contribution < -0.4 is 5.32 Å². The maximum absolute atomic E-state index is 11.1. The minimum atomic E-state index is -0.826. The highest BCUT2D eigenvalue weighted by Gasteiger charge is 2.21. The second-order valence-electron chi connectivity index (χ2n) is 3.06. The van der Waals surface area contributed by atoms with Crippen LogP contribution in [0.4, 0.5) is 0 Å². The molecule has 0 radical (unpaired) electrons. The van der Waals surface area contributed by atoms with Crippen LogP contribution in [0.25, 0.3) is 0 Å². The monoisotopic (exact) mass is 171 g/mol. The maximum Gasteiger partial charge on any atom is 0.303 e. The molecule has 0 aliphatic carbocycles. The maximum atomic E-state index is 11.1. The zero-order valence-electron chi connectivity index (χ0n) is 6.88. The number of amides is 1. The topological polar surface area (TPSA) is 66.4 Å². The van der Waals surface area contributed by atoms with Crippen LogP contribution in [0.2, 0.25) is 0 Å². The van der Waals surface area contributed by atoms with E-state index in [9.17, 15) is 9.59 Å². The van der Waals surface area contributed by atoms with Crippen molar-refractivity contribution in [3.63, 3.8) is 0 Å². The molecule has 0 bridgehead atoms. The first kappa shape index (κ1) is 9.03. The van der Waals surface area contributed by atoms with Crippen LogP contribution in [0.3, 0.4) is 0 Å². The van der Waals surface area contributed by atoms with E-state index in [4.69, 9.17) is 5.11 Å². The lowest BCUT2D eigenvalue weighted by Crippen LogP contribution is -2.36. The summed E-state index contributed by atoms with van der Waals surface area (Å²) in [5.74, 6) is -0.884. The van der Waals surface area contributed by atoms with Gasteiger partial charge in [0.15, 0.2) is 0 Å². The number of carbonyl (C=O) groups is 2. The summed E-state index contributed by atoms with van der Waals surface area (Å²) in [6, 6.07) is 0. The van der Waals surface area contributed by atoms with E-state index in [1.165, 1.54) is 0 Å². The molecule has 0 aromatic heterocycles. The van der Waals surface area contributed by atoms with Crippen LogP contribution in [0.15, 0.2) is 0 Å². The van der Waals surface area contributed by atoms with E-state index in [2.05, 4.69) is 5.32 Å². The molecule has 1 fully saturated rings. The van der Waals surface area contributed by atoms with Crippen LogP contribution >= 0.6 is 0 Å². The van der Waals surface area contributed by atoms with Crippen LogP contribution in [-0.4, -0.2) is 23.5 Å². The Morgan fingerprint density at radius 2 is 2.42 bits per heavy atom. The van der Waals surface area contributed by atoms with Crippen molar-refractivity contribution < 1.29 is 14.7 Å². The summed E-state index contributed by atoms with van der Waals surface area (Å²) >= 11 is 0. The highest BCUT2D eigenvalue weighted by atomic mass is 16.4. The highest BCUT2D eigenvalue weighted by Crippen LogP contribution is 2.16. The fraction of sp³-hybridized carbons (Fsp3) is 0.750. The van der Waals surface area contributed by atoms with E-state index in [-0.39, 0.29) is 18.2 Å². The number of aliphatic carboxylic acids is 1. The summed E-state index contributed by atoms with van der Waals surface area (Å²) in [6.45, 7) is 0.738. The second kappa shape index (κ2) is 4.09. The molecule has 4 nitrogen and oxygen atoms in total. The fourth-order valence-corrected chi connectivity index (χ4v) is 1.41. The molecule has 1 rings (SSSR count). The quantitative estimate of drug-likeness (QED) is 0.645. The van der Waals surface area contributed by atoms with Gasteiger partial charge < -0.3 is 10.4 Å². The van der Waals surface area contributed by atoms with Gasteiger partial charge in [-0.15, -0.1) is 0 Å². The van der Waals surface area contributed by atoms with E-state index >= 15 is 0 Å². The number of carbonyl (C=O) groups excluding carboxylic acids is 1. The van der Waals surface area contributed by atoms with E-state index in [1.54, 1.807) is 0 Å². The van der Waals surface area contributed by atoms with Gasteiger partial charge in [-0.25, -0.2) is 0 Å². The van der Waals surface area contributed by atoms with Crippen molar-refractivity contribution in [2.75, 3.05) is 6.54 Å². The first-order valence-corrected chi connectivity index (χ1v) is 4.19. The molecule has 4 heteroatoms. The molecule has 0 aromatic carbocycles. The third-order valence-corrected chi connectivity index (χ3v) is 2.11. The van der Waals surface area contributed by atoms with Gasteiger partial charge in [-0.05, 0) is 19.3 Å². The Bertz CT molecular complexity index is 191. The number of piperidine rings is 1. The third-order valence-electron chi connectivity index (χ3n) is 2.11. The van der Waals surface area contributed by atoms with Crippen LogP contribution in [0.5, 0.6) is 0 Å². The molecule has 1 saturated heterocycles. The SMILES string of the molecule is O=C(O)CC[C@@H]1CCCNC1=O. The molecule has 1 atom stereocenters. The van der Waals surface area contributed by atoms with Gasteiger partial charge in [0.2, 0.25) is 5.91 Å². The van der Waals surface area contributed by atoms with E-state index in [0.717, 1.165) is 19.4 Å². The number of nitrogens with one attached hydrogen (secondary N) is 1. The summed E-state index contributed by atoms with van der Waals surface area (Å²) in [5, 5.41) is 11.1. The van der Waals surface area contributed by atoms with Gasteiger partial charge in [-0.2, -0.15) is 0 Å². The molecular weight excluding hydrogens is 158 g/mol. The number of carboxylic acid groups (broad SMARTS) is 1. The summed E-state index contributed by atoms with van der Waals surface area (Å²) in [7, 11) is 0. The van der Waals surface area contributed by atoms with Crippen molar-refractivity contribution in [3.8, 4) is 0 Å². The summed E-state index contributed by atoms with van der Waals surface area (Å²) in [4.78, 5) is 21.3. The Balaban J connectivity index is 2.29. The minimum absolute atomic E-state index is 0.0162. The van der Waals surface area contributed by atoms with Crippen LogP contribution in [0, 0.1) is 5.92 Å². The Morgan fingerprint density at radius 1 is 1.67 bits per heavy atom. The minimum Gasteiger partial charge on any atom is -0.481 e. The summed E-state index contributed by atoms with van der Waals surface area (Å²) < 4.78 is 0. The molecule has 0 unspecified atom stereocenters. The van der Waals surface area contributed by atoms with Gasteiger partial charge in [-0.1, -0.05) is 0 Å². The number of carboxylic acids is 1. The molecule has 0 aromatic rings. The number of rotatable bonds is 3. The number of hydrogen-bond donors (Lipinski definition) is 2. The average molecular weight is 171 g/mol. The number of hydrogen-bond acceptors (Lipinski definition) is 2. The zero-order chi connectivity index (χ0) is 8.97. The third kappa shape index (κ3) is 2.53. The van der Waals surface area contributed by atoms with Crippen molar-refractivity contribution in [3.05, 3.63) is 0 Å². The molecule has 1 aliphatic rings. The standard InChI is InChI=1S/C8H13NO3/c10-7(11)4-3-6-2-1-5-9-8(6)12/h6H,1-5H2,(H,9,12)(H,10,11)/t6-/m0/s1. The smallest absolute Gasteiger partial charge is 0.303 e. The second-order valence-corrected chi connectivity index (χ2v) is 3.06. The molecule has 0 spiro atoms. The normalized spacial score (nSPS) is 23.3. The lowest BCUT2D eigenvalue weighted by Gasteiger charge is -2.20. The Morgan fingerprint density at radius 3 is 3.00 bits per heavy atom. The van der Waals surface area contributed by atoms with Crippen molar-refractivity contribution >= 4 is 11.9 Å². The molecule has 1 heterocycles. The Hall–Kier alpha value is -1.06. The van der Waals surface area contributed by atoms with E-state index in [1.807, 2.05) is 0 Å². The molecule has 12 heavy (non-hydrogen) atoms. The molecule has 0 saturated carbocycles. The van der Waals surface area contributed by atoms with Gasteiger partial charge >= 0.3 is 5.97 Å². The predicted octanol–water partition coefficient (Wildman–Crippen LogP) is 0.377. The average Bonchev–Trinajstić information content (AvgIpc) is 2.03. The van der Waals surface area contributed by atoms with Crippen LogP contribution in [0.1, 0.15) is 25.7 Å². The first-order chi connectivity index (χ1) is 5.70. The predicted molar refractivity (Wildman–Crippen MR) is 42.6 cm³/mol. The van der Waals surface area contributed by atoms with Gasteiger partial charge in [0.1, 0.15) is 0 Å². The van der Waals surface area contributed by atoms with Gasteiger partial charge in [0.25, 0.3) is 0 Å². The molecule has 2 N–H and O–H groups in total. The largest absolute Gasteiger partial charge is 0.481 e. The van der Waals surface area contributed by atoms with Crippen molar-refractivity contribution in [2.45, 2.75) is 25.7 Å². The molecular formula is C8H13NO3.